The predicted octanol–water partition coefficient (Wildman–Crippen LogP) is 2.91. The van der Waals surface area contributed by atoms with E-state index in [1.165, 1.54) is 18.2 Å². The van der Waals surface area contributed by atoms with E-state index < -0.39 is 11.7 Å². The molecule has 0 aliphatic carbocycles. The van der Waals surface area contributed by atoms with Crippen molar-refractivity contribution in [3.63, 3.8) is 0 Å². The maximum absolute atomic E-state index is 13.7. The third-order valence-electron chi connectivity index (χ3n) is 2.72. The molecule has 0 N–H and O–H groups in total. The van der Waals surface area contributed by atoms with E-state index in [4.69, 9.17) is 11.6 Å². The fraction of sp³-hybridized carbons (Fsp3) is 0. The van der Waals surface area contributed by atoms with Crippen molar-refractivity contribution >= 4 is 28.5 Å². The molecule has 0 unspecified atom stereocenters. The Morgan fingerprint density at radius 3 is 2.74 bits per heavy atom. The maximum Gasteiger partial charge on any atom is 0.284 e. The van der Waals surface area contributed by atoms with Crippen LogP contribution in [-0.4, -0.2) is 20.9 Å². The zero-order valence-electron chi connectivity index (χ0n) is 9.55. The lowest BCUT2D eigenvalue weighted by atomic mass is 10.2. The summed E-state index contributed by atoms with van der Waals surface area (Å²) in [7, 11) is 0. The first-order chi connectivity index (χ1) is 9.18. The number of fused-ring (bicyclic) bond motifs is 1. The van der Waals surface area contributed by atoms with Gasteiger partial charge in [0.05, 0.1) is 16.1 Å². The second kappa shape index (κ2) is 4.44. The van der Waals surface area contributed by atoms with Crippen molar-refractivity contribution in [1.29, 1.82) is 0 Å². The Hall–Kier alpha value is -2.27. The second-order valence-corrected chi connectivity index (χ2v) is 4.30. The molecular formula is C13H7ClFN3O. The molecule has 0 aliphatic heterocycles. The normalized spacial score (nSPS) is 10.8. The summed E-state index contributed by atoms with van der Waals surface area (Å²) >= 11 is 5.87. The van der Waals surface area contributed by atoms with Crippen molar-refractivity contribution in [2.45, 2.75) is 0 Å². The number of aromatic nitrogens is 3. The van der Waals surface area contributed by atoms with Crippen LogP contribution >= 0.6 is 11.6 Å². The van der Waals surface area contributed by atoms with Gasteiger partial charge in [0.1, 0.15) is 11.3 Å². The van der Waals surface area contributed by atoms with Crippen molar-refractivity contribution in [3.8, 4) is 0 Å². The number of carbonyl (C=O) groups excluding carboxylic acids is 1. The molecule has 4 nitrogen and oxygen atoms in total. The quantitative estimate of drug-likeness (QED) is 0.686. The molecule has 19 heavy (non-hydrogen) atoms. The topological polar surface area (TPSA) is 47.8 Å². The van der Waals surface area contributed by atoms with Crippen molar-refractivity contribution in [2.24, 2.45) is 0 Å². The molecule has 1 heterocycles. The average Bonchev–Trinajstić information content (AvgIpc) is 2.82. The smallest absolute Gasteiger partial charge is 0.266 e. The molecule has 0 saturated heterocycles. The highest BCUT2D eigenvalue weighted by molar-refractivity contribution is 6.34. The fourth-order valence-corrected chi connectivity index (χ4v) is 2.07. The number of hydrogen-bond acceptors (Lipinski definition) is 3. The number of halogens is 2. The Balaban J connectivity index is 2.20. The van der Waals surface area contributed by atoms with Crippen LogP contribution in [0.5, 0.6) is 0 Å². The summed E-state index contributed by atoms with van der Waals surface area (Å²) < 4.78 is 14.8. The number of benzene rings is 2. The zero-order chi connectivity index (χ0) is 13.4. The molecule has 0 amide bonds. The molecule has 0 bridgehead atoms. The summed E-state index contributed by atoms with van der Waals surface area (Å²) in [6.45, 7) is 0. The van der Waals surface area contributed by atoms with Gasteiger partial charge in [-0.3, -0.25) is 4.79 Å². The Morgan fingerprint density at radius 1 is 1.16 bits per heavy atom. The summed E-state index contributed by atoms with van der Waals surface area (Å²) in [4.78, 5) is 12.3. The SMILES string of the molecule is O=C(c1c(F)cccc1Cl)n1nnc2ccccc21. The summed E-state index contributed by atoms with van der Waals surface area (Å²) in [5.74, 6) is -1.33. The van der Waals surface area contributed by atoms with Gasteiger partial charge in [0, 0.05) is 0 Å². The highest BCUT2D eigenvalue weighted by Crippen LogP contribution is 2.21. The lowest BCUT2D eigenvalue weighted by Crippen LogP contribution is -2.16. The monoisotopic (exact) mass is 275 g/mol. The van der Waals surface area contributed by atoms with Gasteiger partial charge in [-0.05, 0) is 24.3 Å². The zero-order valence-corrected chi connectivity index (χ0v) is 10.3. The third-order valence-corrected chi connectivity index (χ3v) is 3.04. The van der Waals surface area contributed by atoms with Gasteiger partial charge < -0.3 is 0 Å². The van der Waals surface area contributed by atoms with Gasteiger partial charge in [-0.15, -0.1) is 5.10 Å². The molecule has 1 aromatic heterocycles. The largest absolute Gasteiger partial charge is 0.284 e. The molecule has 2 aromatic carbocycles. The van der Waals surface area contributed by atoms with Crippen molar-refractivity contribution in [1.82, 2.24) is 15.0 Å². The van der Waals surface area contributed by atoms with Crippen LogP contribution in [0.3, 0.4) is 0 Å². The van der Waals surface area contributed by atoms with Crippen molar-refractivity contribution < 1.29 is 9.18 Å². The lowest BCUT2D eigenvalue weighted by Gasteiger charge is -2.04. The van der Waals surface area contributed by atoms with Crippen molar-refractivity contribution in [3.05, 3.63) is 58.9 Å². The molecule has 0 atom stereocenters. The Labute approximate surface area is 112 Å². The molecular weight excluding hydrogens is 269 g/mol. The predicted molar refractivity (Wildman–Crippen MR) is 68.7 cm³/mol. The molecule has 3 rings (SSSR count). The standard InChI is InChI=1S/C13H7ClFN3O/c14-8-4-3-5-9(15)12(8)13(19)18-11-7-2-1-6-10(11)16-17-18/h1-7H. The fourth-order valence-electron chi connectivity index (χ4n) is 1.83. The molecule has 94 valence electrons. The molecule has 0 spiro atoms. The van der Waals surface area contributed by atoms with Gasteiger partial charge >= 0.3 is 0 Å². The Kier molecular flexibility index (Phi) is 2.76. The minimum absolute atomic E-state index is 0.0459. The molecule has 3 aromatic rings. The van der Waals surface area contributed by atoms with Gasteiger partial charge in [0.15, 0.2) is 0 Å². The van der Waals surface area contributed by atoms with E-state index in [0.29, 0.717) is 11.0 Å². The Bertz CT molecular complexity index is 764. The first kappa shape index (κ1) is 11.8. The van der Waals surface area contributed by atoms with Crippen LogP contribution in [0, 0.1) is 5.82 Å². The first-order valence-electron chi connectivity index (χ1n) is 5.47. The van der Waals surface area contributed by atoms with E-state index in [2.05, 4.69) is 10.3 Å². The molecule has 0 fully saturated rings. The number of nitrogens with zero attached hydrogens (tertiary/aromatic N) is 3. The number of hydrogen-bond donors (Lipinski definition) is 0. The van der Waals surface area contributed by atoms with Gasteiger partial charge in [0.25, 0.3) is 5.91 Å². The van der Waals surface area contributed by atoms with Crippen LogP contribution < -0.4 is 0 Å². The lowest BCUT2D eigenvalue weighted by molar-refractivity contribution is 0.0944. The van der Waals surface area contributed by atoms with Crippen molar-refractivity contribution in [2.75, 3.05) is 0 Å². The number of carbonyl (C=O) groups is 1. The molecule has 0 radical (unpaired) electrons. The van der Waals surface area contributed by atoms with Crippen LogP contribution in [0.15, 0.2) is 42.5 Å². The molecule has 0 aliphatic rings. The van der Waals surface area contributed by atoms with Gasteiger partial charge in [-0.2, -0.15) is 4.68 Å². The van der Waals surface area contributed by atoms with Crippen LogP contribution in [0.25, 0.3) is 11.0 Å². The van der Waals surface area contributed by atoms with Crippen LogP contribution in [-0.2, 0) is 0 Å². The van der Waals surface area contributed by atoms with Crippen LogP contribution in [0.1, 0.15) is 10.4 Å². The number of para-hydroxylation sites is 1. The van der Waals surface area contributed by atoms with Gasteiger partial charge in [-0.1, -0.05) is 35.0 Å². The third kappa shape index (κ3) is 1.88. The minimum Gasteiger partial charge on any atom is -0.266 e. The average molecular weight is 276 g/mol. The first-order valence-corrected chi connectivity index (χ1v) is 5.85. The minimum atomic E-state index is -0.683. The van der Waals surface area contributed by atoms with E-state index >= 15 is 0 Å². The molecule has 6 heteroatoms. The van der Waals surface area contributed by atoms with Crippen LogP contribution in [0.4, 0.5) is 4.39 Å². The summed E-state index contributed by atoms with van der Waals surface area (Å²) in [5.41, 5.74) is 0.856. The van der Waals surface area contributed by atoms with Gasteiger partial charge in [-0.25, -0.2) is 4.39 Å². The summed E-state index contributed by atoms with van der Waals surface area (Å²) in [6, 6.07) is 11.0. The number of rotatable bonds is 1. The van der Waals surface area contributed by atoms with E-state index in [0.717, 1.165) is 4.68 Å². The second-order valence-electron chi connectivity index (χ2n) is 3.89. The molecule has 0 saturated carbocycles. The highest BCUT2D eigenvalue weighted by Gasteiger charge is 2.20. The van der Waals surface area contributed by atoms with E-state index in [1.54, 1.807) is 24.3 Å². The summed E-state index contributed by atoms with van der Waals surface area (Å²) in [5, 5.41) is 7.64. The van der Waals surface area contributed by atoms with Gasteiger partial charge in [0.2, 0.25) is 0 Å². The maximum atomic E-state index is 13.7. The highest BCUT2D eigenvalue weighted by atomic mass is 35.5. The summed E-state index contributed by atoms with van der Waals surface area (Å²) in [6.07, 6.45) is 0. The van der Waals surface area contributed by atoms with Crippen LogP contribution in [0.2, 0.25) is 5.02 Å². The Morgan fingerprint density at radius 2 is 1.95 bits per heavy atom. The van der Waals surface area contributed by atoms with E-state index in [-0.39, 0.29) is 10.6 Å². The van der Waals surface area contributed by atoms with E-state index in [1.807, 2.05) is 0 Å². The van der Waals surface area contributed by atoms with E-state index in [9.17, 15) is 9.18 Å².